The first-order chi connectivity index (χ1) is 13.0. The third-order valence-corrected chi connectivity index (χ3v) is 5.13. The van der Waals surface area contributed by atoms with Crippen LogP contribution in [0.5, 0.6) is 0 Å². The van der Waals surface area contributed by atoms with Crippen LogP contribution >= 0.6 is 0 Å². The van der Waals surface area contributed by atoms with Crippen LogP contribution in [0.1, 0.15) is 38.5 Å². The molecule has 0 radical (unpaired) electrons. The van der Waals surface area contributed by atoms with Gasteiger partial charge >= 0.3 is 0 Å². The molecule has 0 saturated heterocycles. The summed E-state index contributed by atoms with van der Waals surface area (Å²) in [5.41, 5.74) is 0.464. The summed E-state index contributed by atoms with van der Waals surface area (Å²) in [5.74, 6) is -0.879. The Morgan fingerprint density at radius 1 is 1.19 bits per heavy atom. The minimum atomic E-state index is -1.10. The predicted octanol–water partition coefficient (Wildman–Crippen LogP) is 0.244. The second-order valence-corrected chi connectivity index (χ2v) is 7.08. The number of fused-ring (bicyclic) bond motifs is 1. The van der Waals surface area contributed by atoms with E-state index in [1.165, 1.54) is 4.68 Å². The van der Waals surface area contributed by atoms with Crippen LogP contribution in [0.2, 0.25) is 0 Å². The zero-order valence-electron chi connectivity index (χ0n) is 15.1. The Balaban J connectivity index is 1.50. The number of hydrogen-bond donors (Lipinski definition) is 1. The maximum absolute atomic E-state index is 12.5. The van der Waals surface area contributed by atoms with Crippen LogP contribution in [-0.4, -0.2) is 33.4 Å². The third kappa shape index (κ3) is 4.90. The van der Waals surface area contributed by atoms with E-state index in [1.54, 1.807) is 12.1 Å². The van der Waals surface area contributed by atoms with Crippen LogP contribution in [0.3, 0.4) is 0 Å². The largest absolute Gasteiger partial charge is 0.550 e. The lowest BCUT2D eigenvalue weighted by Crippen LogP contribution is -2.35. The summed E-state index contributed by atoms with van der Waals surface area (Å²) < 4.78 is 1.42. The number of carbonyl (C=O) groups excluding carboxylic acids is 2. The van der Waals surface area contributed by atoms with Crippen molar-refractivity contribution in [1.82, 2.24) is 20.3 Å². The Bertz CT molecular complexity index is 871. The van der Waals surface area contributed by atoms with Gasteiger partial charge < -0.3 is 15.2 Å². The molecule has 0 atom stereocenters. The van der Waals surface area contributed by atoms with E-state index in [9.17, 15) is 19.5 Å². The van der Waals surface area contributed by atoms with E-state index in [0.29, 0.717) is 36.3 Å². The number of amides is 1. The van der Waals surface area contributed by atoms with Crippen LogP contribution in [0.4, 0.5) is 0 Å². The molecule has 0 spiro atoms. The van der Waals surface area contributed by atoms with Gasteiger partial charge in [-0.1, -0.05) is 17.3 Å². The molecule has 1 fully saturated rings. The predicted molar refractivity (Wildman–Crippen MR) is 96.5 cm³/mol. The van der Waals surface area contributed by atoms with Crippen molar-refractivity contribution in [2.45, 2.75) is 45.1 Å². The summed E-state index contributed by atoms with van der Waals surface area (Å²) in [6, 6.07) is 7.16. The highest BCUT2D eigenvalue weighted by Gasteiger charge is 2.26. The standard InChI is InChI=1S/C19H24N4O4/c24-17(25)6-3-11-20-18(26)14-9-7-13(8-10-14)12-23-19(27)15-4-1-2-5-16(15)21-22-23/h1-2,4-5,13-14H,3,6-12H2,(H,20,26)(H,24,25)/p-1. The average molecular weight is 371 g/mol. The number of carboxylic acid groups (broad SMARTS) is 1. The van der Waals surface area contributed by atoms with Crippen molar-refractivity contribution < 1.29 is 14.7 Å². The van der Waals surface area contributed by atoms with Crippen LogP contribution in [-0.2, 0) is 16.1 Å². The topological polar surface area (TPSA) is 117 Å². The van der Waals surface area contributed by atoms with Gasteiger partial charge in [0.2, 0.25) is 5.91 Å². The van der Waals surface area contributed by atoms with Crippen molar-refractivity contribution in [3.63, 3.8) is 0 Å². The Labute approximate surface area is 156 Å². The Morgan fingerprint density at radius 2 is 1.93 bits per heavy atom. The summed E-state index contributed by atoms with van der Waals surface area (Å²) in [6.07, 6.45) is 3.54. The first kappa shape index (κ1) is 19.0. The molecule has 1 saturated carbocycles. The smallest absolute Gasteiger partial charge is 0.277 e. The molecule has 0 unspecified atom stereocenters. The first-order valence-electron chi connectivity index (χ1n) is 9.34. The first-order valence-corrected chi connectivity index (χ1v) is 9.34. The molecule has 1 N–H and O–H groups in total. The number of nitrogens with zero attached hydrogens (tertiary/aromatic N) is 3. The van der Waals surface area contributed by atoms with Gasteiger partial charge in [-0.2, -0.15) is 0 Å². The van der Waals surface area contributed by atoms with Crippen LogP contribution < -0.4 is 16.0 Å². The second kappa shape index (κ2) is 8.75. The molecule has 1 aromatic carbocycles. The monoisotopic (exact) mass is 371 g/mol. The minimum Gasteiger partial charge on any atom is -0.550 e. The van der Waals surface area contributed by atoms with E-state index in [2.05, 4.69) is 15.6 Å². The molecule has 1 heterocycles. The van der Waals surface area contributed by atoms with Gasteiger partial charge in [0.05, 0.1) is 5.39 Å². The van der Waals surface area contributed by atoms with E-state index in [-0.39, 0.29) is 23.8 Å². The molecule has 1 aromatic heterocycles. The zero-order chi connectivity index (χ0) is 19.2. The summed E-state index contributed by atoms with van der Waals surface area (Å²) in [7, 11) is 0. The average Bonchev–Trinajstić information content (AvgIpc) is 2.68. The van der Waals surface area contributed by atoms with Crippen molar-refractivity contribution in [3.05, 3.63) is 34.6 Å². The van der Waals surface area contributed by atoms with Gasteiger partial charge in [0.25, 0.3) is 5.56 Å². The molecule has 0 aliphatic heterocycles. The highest BCUT2D eigenvalue weighted by Crippen LogP contribution is 2.29. The van der Waals surface area contributed by atoms with Gasteiger partial charge in [-0.3, -0.25) is 9.59 Å². The normalized spacial score (nSPS) is 19.7. The van der Waals surface area contributed by atoms with E-state index in [1.807, 2.05) is 12.1 Å². The third-order valence-electron chi connectivity index (χ3n) is 5.13. The molecule has 1 aliphatic carbocycles. The number of aliphatic carboxylic acids is 1. The maximum atomic E-state index is 12.5. The van der Waals surface area contributed by atoms with E-state index >= 15 is 0 Å². The highest BCUT2D eigenvalue weighted by molar-refractivity contribution is 5.78. The molecule has 27 heavy (non-hydrogen) atoms. The maximum Gasteiger partial charge on any atom is 0.277 e. The van der Waals surface area contributed by atoms with E-state index < -0.39 is 5.97 Å². The number of nitrogens with one attached hydrogen (secondary N) is 1. The molecule has 3 rings (SSSR count). The minimum absolute atomic E-state index is 0.0190. The molecule has 1 aliphatic rings. The number of aromatic nitrogens is 3. The zero-order valence-corrected chi connectivity index (χ0v) is 15.1. The van der Waals surface area contributed by atoms with Gasteiger partial charge in [-0.25, -0.2) is 4.68 Å². The van der Waals surface area contributed by atoms with Crippen LogP contribution in [0, 0.1) is 11.8 Å². The van der Waals surface area contributed by atoms with Gasteiger partial charge in [-0.15, -0.1) is 5.10 Å². The van der Waals surface area contributed by atoms with Gasteiger partial charge in [0.1, 0.15) is 5.52 Å². The fourth-order valence-electron chi connectivity index (χ4n) is 3.58. The number of rotatable bonds is 7. The molecule has 2 aromatic rings. The van der Waals surface area contributed by atoms with E-state index in [4.69, 9.17) is 0 Å². The van der Waals surface area contributed by atoms with Crippen molar-refractivity contribution in [3.8, 4) is 0 Å². The van der Waals surface area contributed by atoms with Crippen molar-refractivity contribution in [2.75, 3.05) is 6.54 Å². The van der Waals surface area contributed by atoms with Crippen LogP contribution in [0.15, 0.2) is 29.1 Å². The number of benzene rings is 1. The Kier molecular flexibility index (Phi) is 6.16. The highest BCUT2D eigenvalue weighted by atomic mass is 16.4. The summed E-state index contributed by atoms with van der Waals surface area (Å²) in [4.78, 5) is 35.0. The van der Waals surface area contributed by atoms with Gasteiger partial charge in [0.15, 0.2) is 0 Å². The molecular formula is C19H23N4O4-. The molecular weight excluding hydrogens is 348 g/mol. The van der Waals surface area contributed by atoms with Crippen molar-refractivity contribution in [2.24, 2.45) is 11.8 Å². The molecule has 8 nitrogen and oxygen atoms in total. The summed E-state index contributed by atoms with van der Waals surface area (Å²) in [5, 5.41) is 21.9. The quantitative estimate of drug-likeness (QED) is 0.697. The molecule has 1 amide bonds. The number of carboxylic acids is 1. The number of carbonyl (C=O) groups is 2. The fraction of sp³-hybridized carbons (Fsp3) is 0.526. The Hall–Kier alpha value is -2.77. The molecule has 8 heteroatoms. The van der Waals surface area contributed by atoms with E-state index in [0.717, 1.165) is 25.7 Å². The lowest BCUT2D eigenvalue weighted by atomic mass is 9.81. The summed E-state index contributed by atoms with van der Waals surface area (Å²) >= 11 is 0. The second-order valence-electron chi connectivity index (χ2n) is 7.08. The fourth-order valence-corrected chi connectivity index (χ4v) is 3.58. The lowest BCUT2D eigenvalue weighted by molar-refractivity contribution is -0.305. The van der Waals surface area contributed by atoms with Gasteiger partial charge in [0, 0.05) is 25.0 Å². The number of hydrogen-bond acceptors (Lipinski definition) is 6. The lowest BCUT2D eigenvalue weighted by Gasteiger charge is -2.27. The molecule has 0 bridgehead atoms. The Morgan fingerprint density at radius 3 is 2.67 bits per heavy atom. The summed E-state index contributed by atoms with van der Waals surface area (Å²) in [6.45, 7) is 0.867. The van der Waals surface area contributed by atoms with Crippen molar-refractivity contribution in [1.29, 1.82) is 0 Å². The van der Waals surface area contributed by atoms with Gasteiger partial charge in [-0.05, 0) is 56.6 Å². The SMILES string of the molecule is O=C([O-])CCCNC(=O)C1CCC(Cn2nnc3ccccc3c2=O)CC1. The molecule has 144 valence electrons. The van der Waals surface area contributed by atoms with Crippen LogP contribution in [0.25, 0.3) is 10.9 Å². The van der Waals surface area contributed by atoms with Crippen molar-refractivity contribution >= 4 is 22.8 Å².